The second kappa shape index (κ2) is 7.60. The third-order valence-corrected chi connectivity index (χ3v) is 5.50. The normalized spacial score (nSPS) is 13.3. The van der Waals surface area contributed by atoms with Crippen molar-refractivity contribution in [3.63, 3.8) is 0 Å². The van der Waals surface area contributed by atoms with Gasteiger partial charge >= 0.3 is 6.18 Å². The van der Waals surface area contributed by atoms with Crippen LogP contribution in [0.25, 0.3) is 28.6 Å². The molecule has 0 atom stereocenters. The lowest BCUT2D eigenvalue weighted by Gasteiger charge is -2.23. The SMILES string of the molecule is Nc1cccc2c1C=CN(c1nc(-c3ccc(C(F)(F)F)cc3)c(-c3ccccc3)[nH]1)C2. The molecule has 0 saturated heterocycles. The zero-order valence-corrected chi connectivity index (χ0v) is 16.9. The summed E-state index contributed by atoms with van der Waals surface area (Å²) in [6.45, 7) is 0.574. The summed E-state index contributed by atoms with van der Waals surface area (Å²) in [6.07, 6.45) is -0.537. The molecule has 0 radical (unpaired) electrons. The smallest absolute Gasteiger partial charge is 0.398 e. The van der Waals surface area contributed by atoms with E-state index in [2.05, 4.69) is 4.98 Å². The van der Waals surface area contributed by atoms with Gasteiger partial charge in [-0.05, 0) is 29.8 Å². The zero-order valence-electron chi connectivity index (χ0n) is 16.9. The first kappa shape index (κ1) is 19.9. The molecule has 0 amide bonds. The number of aromatic nitrogens is 2. The van der Waals surface area contributed by atoms with Crippen LogP contribution >= 0.6 is 0 Å². The number of nitrogens with two attached hydrogens (primary N) is 1. The summed E-state index contributed by atoms with van der Waals surface area (Å²) < 4.78 is 39.1. The van der Waals surface area contributed by atoms with Gasteiger partial charge in [0.15, 0.2) is 0 Å². The number of nitrogens with one attached hydrogen (secondary N) is 1. The third kappa shape index (κ3) is 3.62. The maximum absolute atomic E-state index is 13.0. The summed E-state index contributed by atoms with van der Waals surface area (Å²) in [7, 11) is 0. The molecule has 3 aromatic carbocycles. The standard InChI is InChI=1S/C25H19F3N4/c26-25(27,28)19-11-9-17(10-12-19)23-22(16-5-2-1-3-6-16)30-24(31-23)32-14-13-20-18(15-32)7-4-8-21(20)29/h1-14H,15,29H2,(H,30,31). The molecule has 4 aromatic rings. The summed E-state index contributed by atoms with van der Waals surface area (Å²) >= 11 is 0. The van der Waals surface area contributed by atoms with Crippen LogP contribution in [0, 0.1) is 0 Å². The van der Waals surface area contributed by atoms with Gasteiger partial charge in [-0.1, -0.05) is 54.6 Å². The third-order valence-electron chi connectivity index (χ3n) is 5.50. The summed E-state index contributed by atoms with van der Waals surface area (Å²) in [6, 6.07) is 20.5. The number of hydrogen-bond acceptors (Lipinski definition) is 3. The van der Waals surface area contributed by atoms with E-state index < -0.39 is 11.7 Å². The van der Waals surface area contributed by atoms with Gasteiger partial charge in [0.2, 0.25) is 5.95 Å². The average molecular weight is 432 g/mol. The second-order valence-electron chi connectivity index (χ2n) is 7.59. The van der Waals surface area contributed by atoms with Gasteiger partial charge in [-0.15, -0.1) is 0 Å². The largest absolute Gasteiger partial charge is 0.416 e. The Kier molecular flexibility index (Phi) is 4.74. The fourth-order valence-corrected chi connectivity index (χ4v) is 3.86. The highest BCUT2D eigenvalue weighted by atomic mass is 19.4. The second-order valence-corrected chi connectivity index (χ2v) is 7.59. The average Bonchev–Trinajstić information content (AvgIpc) is 3.25. The Bertz CT molecular complexity index is 1290. The van der Waals surface area contributed by atoms with Crippen molar-refractivity contribution in [3.05, 3.63) is 95.7 Å². The fraction of sp³-hybridized carbons (Fsp3) is 0.0800. The van der Waals surface area contributed by atoms with E-state index in [1.165, 1.54) is 12.1 Å². The van der Waals surface area contributed by atoms with E-state index in [0.29, 0.717) is 29.4 Å². The van der Waals surface area contributed by atoms with Crippen LogP contribution in [0.3, 0.4) is 0 Å². The Balaban J connectivity index is 1.57. The van der Waals surface area contributed by atoms with Gasteiger partial charge in [-0.25, -0.2) is 4.98 Å². The molecular formula is C25H19F3N4. The number of H-pyrrole nitrogens is 1. The van der Waals surface area contributed by atoms with Crippen molar-refractivity contribution in [2.24, 2.45) is 0 Å². The molecule has 1 aliphatic heterocycles. The quantitative estimate of drug-likeness (QED) is 0.372. The Morgan fingerprint density at radius 2 is 1.62 bits per heavy atom. The number of fused-ring (bicyclic) bond motifs is 1. The molecule has 0 unspecified atom stereocenters. The van der Waals surface area contributed by atoms with E-state index in [9.17, 15) is 13.2 Å². The number of benzene rings is 3. The highest BCUT2D eigenvalue weighted by Gasteiger charge is 2.30. The molecule has 0 saturated carbocycles. The van der Waals surface area contributed by atoms with Gasteiger partial charge in [0.1, 0.15) is 0 Å². The lowest BCUT2D eigenvalue weighted by Crippen LogP contribution is -2.20. The first-order valence-electron chi connectivity index (χ1n) is 10.1. The lowest BCUT2D eigenvalue weighted by molar-refractivity contribution is -0.137. The van der Waals surface area contributed by atoms with Crippen LogP contribution in [0.4, 0.5) is 24.8 Å². The van der Waals surface area contributed by atoms with E-state index in [1.807, 2.05) is 65.7 Å². The maximum atomic E-state index is 13.0. The first-order chi connectivity index (χ1) is 15.4. The number of nitrogens with zero attached hydrogens (tertiary/aromatic N) is 2. The molecule has 1 aliphatic rings. The monoisotopic (exact) mass is 432 g/mol. The minimum Gasteiger partial charge on any atom is -0.398 e. The topological polar surface area (TPSA) is 57.9 Å². The summed E-state index contributed by atoms with van der Waals surface area (Å²) in [5.74, 6) is 0.600. The van der Waals surface area contributed by atoms with Gasteiger partial charge in [-0.3, -0.25) is 0 Å². The number of halogens is 3. The van der Waals surface area contributed by atoms with Gasteiger partial charge in [0.25, 0.3) is 0 Å². The van der Waals surface area contributed by atoms with Crippen LogP contribution in [-0.2, 0) is 12.7 Å². The maximum Gasteiger partial charge on any atom is 0.416 e. The number of nitrogen functional groups attached to an aromatic ring is 1. The highest BCUT2D eigenvalue weighted by molar-refractivity contribution is 5.81. The van der Waals surface area contributed by atoms with Gasteiger partial charge < -0.3 is 15.6 Å². The summed E-state index contributed by atoms with van der Waals surface area (Å²) in [5.41, 5.74) is 11.0. The highest BCUT2D eigenvalue weighted by Crippen LogP contribution is 2.36. The molecule has 0 fully saturated rings. The van der Waals surface area contributed by atoms with E-state index in [1.54, 1.807) is 0 Å². The van der Waals surface area contributed by atoms with E-state index in [4.69, 9.17) is 10.7 Å². The van der Waals surface area contributed by atoms with Crippen LogP contribution in [0.1, 0.15) is 16.7 Å². The van der Waals surface area contributed by atoms with Gasteiger partial charge in [0, 0.05) is 28.6 Å². The van der Waals surface area contributed by atoms with Crippen LogP contribution in [0.15, 0.2) is 79.0 Å². The van der Waals surface area contributed by atoms with Crippen molar-refractivity contribution in [1.29, 1.82) is 0 Å². The molecule has 3 N–H and O–H groups in total. The predicted molar refractivity (Wildman–Crippen MR) is 121 cm³/mol. The van der Waals surface area contributed by atoms with Crippen LogP contribution in [0.5, 0.6) is 0 Å². The van der Waals surface area contributed by atoms with Crippen LogP contribution < -0.4 is 10.6 Å². The molecular weight excluding hydrogens is 413 g/mol. The van der Waals surface area contributed by atoms with Crippen molar-refractivity contribution in [1.82, 2.24) is 9.97 Å². The molecule has 4 nitrogen and oxygen atoms in total. The minimum atomic E-state index is -4.38. The van der Waals surface area contributed by atoms with Gasteiger partial charge in [0.05, 0.1) is 23.5 Å². The molecule has 0 spiro atoms. The van der Waals surface area contributed by atoms with E-state index >= 15 is 0 Å². The fourth-order valence-electron chi connectivity index (χ4n) is 3.86. The number of rotatable bonds is 3. The molecule has 2 heterocycles. The Morgan fingerprint density at radius 3 is 2.34 bits per heavy atom. The molecule has 7 heteroatoms. The van der Waals surface area contributed by atoms with Crippen molar-refractivity contribution in [2.45, 2.75) is 12.7 Å². The summed E-state index contributed by atoms with van der Waals surface area (Å²) in [5, 5.41) is 0. The molecule has 0 bridgehead atoms. The first-order valence-corrected chi connectivity index (χ1v) is 10.1. The van der Waals surface area contributed by atoms with Crippen molar-refractivity contribution in [3.8, 4) is 22.5 Å². The number of imidazole rings is 1. The minimum absolute atomic E-state index is 0.574. The van der Waals surface area contributed by atoms with Gasteiger partial charge in [-0.2, -0.15) is 13.2 Å². The predicted octanol–water partition coefficient (Wildman–Crippen LogP) is 6.34. The van der Waals surface area contributed by atoms with Crippen molar-refractivity contribution >= 4 is 17.7 Å². The molecule has 5 rings (SSSR count). The molecule has 32 heavy (non-hydrogen) atoms. The zero-order chi connectivity index (χ0) is 22.3. The Morgan fingerprint density at radius 1 is 0.875 bits per heavy atom. The van der Waals surface area contributed by atoms with Crippen LogP contribution in [-0.4, -0.2) is 9.97 Å². The summed E-state index contributed by atoms with van der Waals surface area (Å²) in [4.78, 5) is 10.1. The van der Waals surface area contributed by atoms with E-state index in [0.717, 1.165) is 34.5 Å². The Labute approximate surface area is 182 Å². The molecule has 0 aliphatic carbocycles. The number of alkyl halides is 3. The lowest BCUT2D eigenvalue weighted by atomic mass is 10.0. The van der Waals surface area contributed by atoms with E-state index in [-0.39, 0.29) is 0 Å². The Hall–Kier alpha value is -4.00. The molecule has 160 valence electrons. The number of hydrogen-bond donors (Lipinski definition) is 2. The number of anilines is 2. The van der Waals surface area contributed by atoms with Crippen molar-refractivity contribution < 1.29 is 13.2 Å². The van der Waals surface area contributed by atoms with Crippen LogP contribution in [0.2, 0.25) is 0 Å². The number of aromatic amines is 1. The molecule has 1 aromatic heterocycles. The van der Waals surface area contributed by atoms with Crippen molar-refractivity contribution in [2.75, 3.05) is 10.6 Å².